The topological polar surface area (TPSA) is 55.9 Å². The molecule has 3 aromatic heterocycles. The van der Waals surface area contributed by atoms with Gasteiger partial charge in [0.2, 0.25) is 0 Å². The average Bonchev–Trinajstić information content (AvgIpc) is 3.12. The van der Waals surface area contributed by atoms with E-state index in [1.54, 1.807) is 6.20 Å². The summed E-state index contributed by atoms with van der Waals surface area (Å²) < 4.78 is 4.35. The lowest BCUT2D eigenvalue weighted by molar-refractivity contribution is 0.283. The molecule has 0 unspecified atom stereocenters. The van der Waals surface area contributed by atoms with Crippen LogP contribution in [0.5, 0.6) is 0 Å². The monoisotopic (exact) mass is 268 g/mol. The fourth-order valence-electron chi connectivity index (χ4n) is 2.75. The van der Waals surface area contributed by atoms with E-state index in [1.807, 2.05) is 30.9 Å². The molecule has 1 fully saturated rings. The third-order valence-corrected chi connectivity index (χ3v) is 3.91. The van der Waals surface area contributed by atoms with Crippen molar-refractivity contribution < 1.29 is 5.11 Å². The molecule has 1 aliphatic carbocycles. The van der Waals surface area contributed by atoms with Crippen molar-refractivity contribution in [1.29, 1.82) is 0 Å². The zero-order valence-electron chi connectivity index (χ0n) is 11.1. The molecular formula is C15H16N4O. The summed E-state index contributed by atoms with van der Waals surface area (Å²) in [6, 6.07) is 4.53. The molecule has 0 aromatic carbocycles. The first-order chi connectivity index (χ1) is 9.86. The SMILES string of the molecule is OCc1cn(Cc2cncn2C2CC2)c2ncccc12. The molecule has 1 N–H and O–H groups in total. The second-order valence-corrected chi connectivity index (χ2v) is 5.34. The number of hydrogen-bond acceptors (Lipinski definition) is 3. The molecular weight excluding hydrogens is 252 g/mol. The van der Waals surface area contributed by atoms with Crippen molar-refractivity contribution in [2.24, 2.45) is 0 Å². The molecule has 0 saturated heterocycles. The molecule has 5 heteroatoms. The van der Waals surface area contributed by atoms with Crippen LogP contribution in [0.3, 0.4) is 0 Å². The molecule has 3 heterocycles. The summed E-state index contributed by atoms with van der Waals surface area (Å²) in [4.78, 5) is 8.71. The van der Waals surface area contributed by atoms with Crippen molar-refractivity contribution in [1.82, 2.24) is 19.1 Å². The highest BCUT2D eigenvalue weighted by Crippen LogP contribution is 2.36. The van der Waals surface area contributed by atoms with E-state index in [0.717, 1.165) is 23.1 Å². The summed E-state index contributed by atoms with van der Waals surface area (Å²) in [5.74, 6) is 0. The maximum atomic E-state index is 9.47. The van der Waals surface area contributed by atoms with E-state index in [0.29, 0.717) is 6.04 Å². The second kappa shape index (κ2) is 4.45. The van der Waals surface area contributed by atoms with Gasteiger partial charge in [-0.15, -0.1) is 0 Å². The predicted octanol–water partition coefficient (Wildman–Crippen LogP) is 2.11. The third-order valence-electron chi connectivity index (χ3n) is 3.91. The average molecular weight is 268 g/mol. The van der Waals surface area contributed by atoms with E-state index in [-0.39, 0.29) is 6.61 Å². The second-order valence-electron chi connectivity index (χ2n) is 5.34. The Balaban J connectivity index is 1.76. The maximum absolute atomic E-state index is 9.47. The van der Waals surface area contributed by atoms with Crippen LogP contribution in [-0.4, -0.2) is 24.2 Å². The first kappa shape index (κ1) is 11.7. The minimum Gasteiger partial charge on any atom is -0.392 e. The van der Waals surface area contributed by atoms with Gasteiger partial charge in [-0.05, 0) is 25.0 Å². The third kappa shape index (κ3) is 1.82. The number of imidazole rings is 1. The standard InChI is InChI=1S/C15H16N4O/c20-9-11-7-18(15-14(11)2-1-5-17-15)8-13-6-16-10-19(13)12-3-4-12/h1-2,5-7,10,12,20H,3-4,8-9H2. The highest BCUT2D eigenvalue weighted by molar-refractivity contribution is 5.80. The van der Waals surface area contributed by atoms with Gasteiger partial charge in [-0.1, -0.05) is 0 Å². The highest BCUT2D eigenvalue weighted by atomic mass is 16.3. The first-order valence-electron chi connectivity index (χ1n) is 6.91. The van der Waals surface area contributed by atoms with E-state index in [9.17, 15) is 5.11 Å². The van der Waals surface area contributed by atoms with Gasteiger partial charge in [0, 0.05) is 35.6 Å². The lowest BCUT2D eigenvalue weighted by Crippen LogP contribution is -2.05. The first-order valence-corrected chi connectivity index (χ1v) is 6.91. The number of pyridine rings is 1. The van der Waals surface area contributed by atoms with Crippen LogP contribution in [-0.2, 0) is 13.2 Å². The van der Waals surface area contributed by atoms with E-state index in [4.69, 9.17) is 0 Å². The highest BCUT2D eigenvalue weighted by Gasteiger charge is 2.25. The van der Waals surface area contributed by atoms with E-state index in [1.165, 1.54) is 18.5 Å². The van der Waals surface area contributed by atoms with Crippen LogP contribution in [0, 0.1) is 0 Å². The Hall–Kier alpha value is -2.14. The number of fused-ring (bicyclic) bond motifs is 1. The zero-order valence-corrected chi connectivity index (χ0v) is 11.1. The lowest BCUT2D eigenvalue weighted by atomic mass is 10.2. The van der Waals surface area contributed by atoms with Crippen LogP contribution in [0.15, 0.2) is 37.1 Å². The molecule has 1 saturated carbocycles. The van der Waals surface area contributed by atoms with Crippen LogP contribution in [0.2, 0.25) is 0 Å². The Labute approximate surface area is 116 Å². The van der Waals surface area contributed by atoms with Gasteiger partial charge in [-0.2, -0.15) is 0 Å². The summed E-state index contributed by atoms with van der Waals surface area (Å²) >= 11 is 0. The fourth-order valence-corrected chi connectivity index (χ4v) is 2.75. The van der Waals surface area contributed by atoms with Crippen molar-refractivity contribution >= 4 is 11.0 Å². The minimum absolute atomic E-state index is 0.0388. The van der Waals surface area contributed by atoms with Crippen LogP contribution >= 0.6 is 0 Å². The van der Waals surface area contributed by atoms with Gasteiger partial charge >= 0.3 is 0 Å². The maximum Gasteiger partial charge on any atom is 0.140 e. The molecule has 102 valence electrons. The quantitative estimate of drug-likeness (QED) is 0.788. The summed E-state index contributed by atoms with van der Waals surface area (Å²) in [5.41, 5.74) is 3.03. The Morgan fingerprint density at radius 3 is 3.05 bits per heavy atom. The Bertz CT molecular complexity index is 754. The normalized spacial score (nSPS) is 15.1. The Kier molecular flexibility index (Phi) is 2.60. The summed E-state index contributed by atoms with van der Waals surface area (Å²) in [5, 5.41) is 10.5. The number of rotatable bonds is 4. The lowest BCUT2D eigenvalue weighted by Gasteiger charge is -2.08. The van der Waals surface area contributed by atoms with Crippen LogP contribution in [0.25, 0.3) is 11.0 Å². The Morgan fingerprint density at radius 2 is 2.25 bits per heavy atom. The van der Waals surface area contributed by atoms with Crippen molar-refractivity contribution in [2.45, 2.75) is 32.0 Å². The molecule has 1 aliphatic rings. The summed E-state index contributed by atoms with van der Waals surface area (Å²) in [6.45, 7) is 0.779. The number of aliphatic hydroxyl groups is 1. The van der Waals surface area contributed by atoms with Crippen molar-refractivity contribution in [3.63, 3.8) is 0 Å². The van der Waals surface area contributed by atoms with E-state index < -0.39 is 0 Å². The predicted molar refractivity (Wildman–Crippen MR) is 75.3 cm³/mol. The van der Waals surface area contributed by atoms with Crippen LogP contribution in [0.4, 0.5) is 0 Å². The molecule has 3 aromatic rings. The molecule has 4 rings (SSSR count). The summed E-state index contributed by atoms with van der Waals surface area (Å²) in [7, 11) is 0. The molecule has 0 spiro atoms. The molecule has 20 heavy (non-hydrogen) atoms. The fraction of sp³-hybridized carbons (Fsp3) is 0.333. The number of aliphatic hydroxyl groups excluding tert-OH is 1. The molecule has 0 aliphatic heterocycles. The molecule has 0 atom stereocenters. The van der Waals surface area contributed by atoms with Crippen LogP contribution < -0.4 is 0 Å². The Morgan fingerprint density at radius 1 is 1.35 bits per heavy atom. The zero-order chi connectivity index (χ0) is 13.5. The molecule has 5 nitrogen and oxygen atoms in total. The molecule has 0 amide bonds. The minimum atomic E-state index is 0.0388. The van der Waals surface area contributed by atoms with Crippen molar-refractivity contribution in [2.75, 3.05) is 0 Å². The van der Waals surface area contributed by atoms with Gasteiger partial charge in [-0.3, -0.25) is 0 Å². The number of hydrogen-bond donors (Lipinski definition) is 1. The van der Waals surface area contributed by atoms with Crippen LogP contribution in [0.1, 0.15) is 30.1 Å². The van der Waals surface area contributed by atoms with Gasteiger partial charge in [-0.25, -0.2) is 9.97 Å². The van der Waals surface area contributed by atoms with E-state index in [2.05, 4.69) is 19.1 Å². The number of nitrogens with zero attached hydrogens (tertiary/aromatic N) is 4. The van der Waals surface area contributed by atoms with Gasteiger partial charge in [0.05, 0.1) is 25.2 Å². The van der Waals surface area contributed by atoms with Crippen molar-refractivity contribution in [3.8, 4) is 0 Å². The van der Waals surface area contributed by atoms with E-state index >= 15 is 0 Å². The van der Waals surface area contributed by atoms with Gasteiger partial charge in [0.25, 0.3) is 0 Å². The largest absolute Gasteiger partial charge is 0.392 e. The van der Waals surface area contributed by atoms with Gasteiger partial charge in [0.15, 0.2) is 0 Å². The number of aromatic nitrogens is 4. The summed E-state index contributed by atoms with van der Waals surface area (Å²) in [6.07, 6.45) is 10.1. The molecule has 0 radical (unpaired) electrons. The van der Waals surface area contributed by atoms with Gasteiger partial charge in [0.1, 0.15) is 5.65 Å². The smallest absolute Gasteiger partial charge is 0.140 e. The van der Waals surface area contributed by atoms with Gasteiger partial charge < -0.3 is 14.2 Å². The van der Waals surface area contributed by atoms with Crippen molar-refractivity contribution in [3.05, 3.63) is 48.3 Å². The molecule has 0 bridgehead atoms.